The van der Waals surface area contributed by atoms with Gasteiger partial charge in [-0.1, -0.05) is 0 Å². The van der Waals surface area contributed by atoms with Crippen molar-refractivity contribution in [3.05, 3.63) is 12.2 Å². The molecule has 0 saturated heterocycles. The summed E-state index contributed by atoms with van der Waals surface area (Å²) in [7, 11) is 0. The highest BCUT2D eigenvalue weighted by Gasteiger charge is 2.17. The number of aliphatic hydroxyl groups excluding tert-OH is 3. The van der Waals surface area contributed by atoms with Crippen molar-refractivity contribution in [2.24, 2.45) is 0 Å². The molecule has 0 unspecified atom stereocenters. The van der Waals surface area contributed by atoms with E-state index in [-0.39, 0.29) is 6.42 Å². The first-order valence-corrected chi connectivity index (χ1v) is 5.57. The Morgan fingerprint density at radius 3 is 2.24 bits per heavy atom. The molecule has 0 amide bonds. The first kappa shape index (κ1) is 16.1. The number of ether oxygens (including phenoxy) is 1. The Balaban J connectivity index is 4.19. The summed E-state index contributed by atoms with van der Waals surface area (Å²) in [4.78, 5) is 11.3. The smallest absolute Gasteiger partial charge is 0.331 e. The summed E-state index contributed by atoms with van der Waals surface area (Å²) < 4.78 is 4.98. The lowest BCUT2D eigenvalue weighted by Crippen LogP contribution is -2.28. The highest BCUT2D eigenvalue weighted by Crippen LogP contribution is 2.08. The van der Waals surface area contributed by atoms with Crippen molar-refractivity contribution in [3.63, 3.8) is 0 Å². The Bertz CT molecular complexity index is 265. The normalized spacial score (nSPS) is 17.8. The quantitative estimate of drug-likeness (QED) is 0.482. The molecule has 0 heterocycles. The molecule has 17 heavy (non-hydrogen) atoms. The molecule has 0 fully saturated rings. The zero-order valence-corrected chi connectivity index (χ0v) is 10.8. The van der Waals surface area contributed by atoms with E-state index in [2.05, 4.69) is 0 Å². The Labute approximate surface area is 102 Å². The van der Waals surface area contributed by atoms with Crippen molar-refractivity contribution < 1.29 is 24.9 Å². The second-order valence-electron chi connectivity index (χ2n) is 5.04. The van der Waals surface area contributed by atoms with Crippen molar-refractivity contribution in [2.45, 2.75) is 58.0 Å². The first-order chi connectivity index (χ1) is 7.61. The largest absolute Gasteiger partial charge is 0.457 e. The van der Waals surface area contributed by atoms with Crippen LogP contribution in [0.1, 0.15) is 34.1 Å². The third-order valence-corrected chi connectivity index (χ3v) is 1.81. The molecule has 3 atom stereocenters. The van der Waals surface area contributed by atoms with Crippen LogP contribution in [0.4, 0.5) is 0 Å². The van der Waals surface area contributed by atoms with E-state index in [4.69, 9.17) is 9.84 Å². The van der Waals surface area contributed by atoms with Gasteiger partial charge in [-0.2, -0.15) is 0 Å². The molecular formula is C12H22O5. The molecular weight excluding hydrogens is 224 g/mol. The van der Waals surface area contributed by atoms with Gasteiger partial charge >= 0.3 is 5.97 Å². The average molecular weight is 246 g/mol. The fourth-order valence-corrected chi connectivity index (χ4v) is 1.13. The number of carbonyl (C=O) groups is 1. The van der Waals surface area contributed by atoms with Crippen LogP contribution in [0, 0.1) is 0 Å². The molecule has 0 bridgehead atoms. The third-order valence-electron chi connectivity index (χ3n) is 1.81. The van der Waals surface area contributed by atoms with Gasteiger partial charge in [0.15, 0.2) is 0 Å². The predicted molar refractivity (Wildman–Crippen MR) is 63.3 cm³/mol. The van der Waals surface area contributed by atoms with Crippen LogP contribution in [-0.4, -0.2) is 45.2 Å². The van der Waals surface area contributed by atoms with Gasteiger partial charge in [0, 0.05) is 12.5 Å². The molecule has 100 valence electrons. The monoisotopic (exact) mass is 246 g/mol. The summed E-state index contributed by atoms with van der Waals surface area (Å²) >= 11 is 0. The minimum atomic E-state index is -1.20. The van der Waals surface area contributed by atoms with Crippen molar-refractivity contribution in [1.82, 2.24) is 0 Å². The van der Waals surface area contributed by atoms with Gasteiger partial charge in [-0.3, -0.25) is 0 Å². The van der Waals surface area contributed by atoms with E-state index in [0.717, 1.165) is 12.2 Å². The van der Waals surface area contributed by atoms with Crippen LogP contribution in [0.2, 0.25) is 0 Å². The lowest BCUT2D eigenvalue weighted by atomic mass is 10.1. The van der Waals surface area contributed by atoms with Gasteiger partial charge < -0.3 is 20.1 Å². The first-order valence-electron chi connectivity index (χ1n) is 5.57. The highest BCUT2D eigenvalue weighted by atomic mass is 16.6. The molecule has 5 nitrogen and oxygen atoms in total. The van der Waals surface area contributed by atoms with Gasteiger partial charge in [-0.05, 0) is 33.8 Å². The van der Waals surface area contributed by atoms with Crippen molar-refractivity contribution in [3.8, 4) is 0 Å². The fraction of sp³-hybridized carbons (Fsp3) is 0.750. The van der Waals surface area contributed by atoms with E-state index >= 15 is 0 Å². The van der Waals surface area contributed by atoms with Crippen LogP contribution in [0.25, 0.3) is 0 Å². The zero-order chi connectivity index (χ0) is 13.6. The van der Waals surface area contributed by atoms with E-state index in [9.17, 15) is 15.0 Å². The van der Waals surface area contributed by atoms with Crippen molar-refractivity contribution >= 4 is 5.97 Å². The van der Waals surface area contributed by atoms with Gasteiger partial charge in [-0.15, -0.1) is 0 Å². The Morgan fingerprint density at radius 1 is 1.29 bits per heavy atom. The van der Waals surface area contributed by atoms with Crippen molar-refractivity contribution in [1.29, 1.82) is 0 Å². The van der Waals surface area contributed by atoms with Gasteiger partial charge in [0.05, 0.1) is 18.3 Å². The molecule has 0 aliphatic heterocycles. The summed E-state index contributed by atoms with van der Waals surface area (Å²) in [6.45, 7) is 6.71. The lowest BCUT2D eigenvalue weighted by molar-refractivity contribution is -0.148. The molecule has 0 aromatic carbocycles. The molecule has 0 aromatic heterocycles. The van der Waals surface area contributed by atoms with Crippen LogP contribution < -0.4 is 0 Å². The zero-order valence-electron chi connectivity index (χ0n) is 10.8. The molecule has 0 aromatic rings. The molecule has 3 N–H and O–H groups in total. The number of hydrogen-bond acceptors (Lipinski definition) is 5. The maximum absolute atomic E-state index is 11.3. The molecule has 0 rings (SSSR count). The average Bonchev–Trinajstić information content (AvgIpc) is 2.10. The number of rotatable bonds is 5. The second kappa shape index (κ2) is 6.74. The topological polar surface area (TPSA) is 87.0 Å². The molecule has 0 radical (unpaired) electrons. The van der Waals surface area contributed by atoms with Gasteiger partial charge in [0.1, 0.15) is 5.60 Å². The lowest BCUT2D eigenvalue weighted by Gasteiger charge is -2.19. The second-order valence-corrected chi connectivity index (χ2v) is 5.04. The van der Waals surface area contributed by atoms with E-state index in [1.165, 1.54) is 6.92 Å². The molecule has 0 aliphatic carbocycles. The van der Waals surface area contributed by atoms with Gasteiger partial charge in [0.2, 0.25) is 0 Å². The summed E-state index contributed by atoms with van der Waals surface area (Å²) in [5, 5.41) is 27.9. The fourth-order valence-electron chi connectivity index (χ4n) is 1.13. The maximum Gasteiger partial charge on any atom is 0.331 e. The Hall–Kier alpha value is -0.910. The summed E-state index contributed by atoms with van der Waals surface area (Å²) in [5.41, 5.74) is -0.593. The van der Waals surface area contributed by atoms with E-state index in [1.807, 2.05) is 0 Å². The van der Waals surface area contributed by atoms with Crippen molar-refractivity contribution in [2.75, 3.05) is 0 Å². The van der Waals surface area contributed by atoms with Gasteiger partial charge in [0.25, 0.3) is 0 Å². The van der Waals surface area contributed by atoms with Crippen LogP contribution >= 0.6 is 0 Å². The SMILES string of the molecule is C[C@@H](O)C[C@H](O)[C@@H](O)/C=C/C(=O)OC(C)(C)C. The standard InChI is InChI=1S/C12H22O5/c1-8(13)7-10(15)9(14)5-6-11(16)17-12(2,3)4/h5-6,8-10,13-15H,7H2,1-4H3/b6-5+/t8-,9+,10+/m1/s1. The van der Waals surface area contributed by atoms with E-state index in [1.54, 1.807) is 20.8 Å². The highest BCUT2D eigenvalue weighted by molar-refractivity contribution is 5.82. The molecule has 5 heteroatoms. The number of aliphatic hydroxyl groups is 3. The van der Waals surface area contributed by atoms with Crippen LogP contribution in [0.5, 0.6) is 0 Å². The maximum atomic E-state index is 11.3. The van der Waals surface area contributed by atoms with E-state index < -0.39 is 29.9 Å². The van der Waals surface area contributed by atoms with Crippen LogP contribution in [0.3, 0.4) is 0 Å². The summed E-state index contributed by atoms with van der Waals surface area (Å²) in [6, 6.07) is 0. The van der Waals surface area contributed by atoms with Gasteiger partial charge in [-0.25, -0.2) is 4.79 Å². The number of esters is 1. The number of hydrogen-bond donors (Lipinski definition) is 3. The summed E-state index contributed by atoms with van der Waals surface area (Å²) in [6.07, 6.45) is -0.748. The number of carbonyl (C=O) groups excluding carboxylic acids is 1. The Kier molecular flexibility index (Phi) is 6.37. The molecule has 0 spiro atoms. The van der Waals surface area contributed by atoms with Crippen LogP contribution in [0.15, 0.2) is 12.2 Å². The minimum Gasteiger partial charge on any atom is -0.457 e. The van der Waals surface area contributed by atoms with E-state index in [0.29, 0.717) is 0 Å². The molecule has 0 aliphatic rings. The minimum absolute atomic E-state index is 0.0415. The molecule has 0 saturated carbocycles. The predicted octanol–water partition coefficient (Wildman–Crippen LogP) is 0.377. The Morgan fingerprint density at radius 2 is 1.82 bits per heavy atom. The third kappa shape index (κ3) is 8.85. The summed E-state index contributed by atoms with van der Waals surface area (Å²) in [5.74, 6) is -0.583. The van der Waals surface area contributed by atoms with Crippen LogP contribution in [-0.2, 0) is 9.53 Å².